The first kappa shape index (κ1) is 15.4. The topological polar surface area (TPSA) is 75.3 Å². The number of carbonyl (C=O) groups is 1. The zero-order valence-electron chi connectivity index (χ0n) is 9.54. The molecule has 1 aromatic carbocycles. The summed E-state index contributed by atoms with van der Waals surface area (Å²) in [6.07, 6.45) is 0. The van der Waals surface area contributed by atoms with Gasteiger partial charge in [0.05, 0.1) is 16.5 Å². The van der Waals surface area contributed by atoms with E-state index in [1.807, 2.05) is 0 Å². The number of amides is 1. The zero-order chi connectivity index (χ0) is 13.8. The lowest BCUT2D eigenvalue weighted by molar-refractivity contribution is -0.119. The fourth-order valence-electron chi connectivity index (χ4n) is 1.15. The Balaban J connectivity index is 2.80. The molecule has 0 aromatic heterocycles. The lowest BCUT2D eigenvalue weighted by Gasteiger charge is -2.07. The highest BCUT2D eigenvalue weighted by Gasteiger charge is 2.16. The molecule has 0 aliphatic heterocycles. The summed E-state index contributed by atoms with van der Waals surface area (Å²) >= 11 is 8.91. The maximum atomic E-state index is 11.8. The Morgan fingerprint density at radius 3 is 2.67 bits per heavy atom. The van der Waals surface area contributed by atoms with Gasteiger partial charge in [0.25, 0.3) is 0 Å². The van der Waals surface area contributed by atoms with E-state index < -0.39 is 10.0 Å². The lowest BCUT2D eigenvalue weighted by atomic mass is 10.4. The number of hydrogen-bond donors (Lipinski definition) is 2. The Hall–Kier alpha value is -0.630. The van der Waals surface area contributed by atoms with Crippen LogP contribution in [0.25, 0.3) is 0 Å². The van der Waals surface area contributed by atoms with Crippen molar-refractivity contribution in [3.8, 4) is 0 Å². The molecular weight excluding hydrogens is 344 g/mol. The first-order valence-electron chi connectivity index (χ1n) is 5.08. The number of nitrogens with one attached hydrogen (secondary N) is 2. The fourth-order valence-corrected chi connectivity index (χ4v) is 2.80. The summed E-state index contributed by atoms with van der Waals surface area (Å²) < 4.78 is 26.4. The van der Waals surface area contributed by atoms with Crippen LogP contribution in [0.15, 0.2) is 27.6 Å². The van der Waals surface area contributed by atoms with Crippen molar-refractivity contribution in [3.63, 3.8) is 0 Å². The molecule has 0 unspecified atom stereocenters. The van der Waals surface area contributed by atoms with E-state index in [0.29, 0.717) is 16.0 Å². The van der Waals surface area contributed by atoms with Crippen LogP contribution in [0.5, 0.6) is 0 Å². The summed E-state index contributed by atoms with van der Waals surface area (Å²) in [4.78, 5) is 11.2. The molecular formula is C10H12BrClN2O3S. The van der Waals surface area contributed by atoms with Crippen molar-refractivity contribution in [3.05, 3.63) is 27.7 Å². The predicted molar refractivity (Wildman–Crippen MR) is 73.0 cm³/mol. The molecule has 0 spiro atoms. The number of sulfonamides is 1. The molecule has 0 saturated heterocycles. The highest BCUT2D eigenvalue weighted by Crippen LogP contribution is 2.25. The van der Waals surface area contributed by atoms with Crippen molar-refractivity contribution in [1.29, 1.82) is 0 Å². The van der Waals surface area contributed by atoms with Gasteiger partial charge in [-0.1, -0.05) is 11.6 Å². The van der Waals surface area contributed by atoms with E-state index in [-0.39, 0.29) is 17.3 Å². The smallest absolute Gasteiger partial charge is 0.241 e. The van der Waals surface area contributed by atoms with Gasteiger partial charge in [0, 0.05) is 11.0 Å². The average molecular weight is 356 g/mol. The van der Waals surface area contributed by atoms with Crippen molar-refractivity contribution in [2.24, 2.45) is 0 Å². The van der Waals surface area contributed by atoms with Crippen LogP contribution in [0.1, 0.15) is 6.92 Å². The number of halogens is 2. The Kier molecular flexibility index (Phi) is 5.58. The number of benzene rings is 1. The molecule has 1 amide bonds. The summed E-state index contributed by atoms with van der Waals surface area (Å²) in [6, 6.07) is 4.21. The number of rotatable bonds is 5. The van der Waals surface area contributed by atoms with Crippen LogP contribution in [0.2, 0.25) is 5.02 Å². The third-order valence-corrected chi connectivity index (χ3v) is 4.61. The molecule has 5 nitrogen and oxygen atoms in total. The molecule has 0 aliphatic carbocycles. The van der Waals surface area contributed by atoms with Gasteiger partial charge in [0.2, 0.25) is 15.9 Å². The van der Waals surface area contributed by atoms with Crippen molar-refractivity contribution in [1.82, 2.24) is 10.0 Å². The van der Waals surface area contributed by atoms with E-state index >= 15 is 0 Å². The maximum absolute atomic E-state index is 11.8. The average Bonchev–Trinajstić information content (AvgIpc) is 2.30. The maximum Gasteiger partial charge on any atom is 0.241 e. The fraction of sp³-hybridized carbons (Fsp3) is 0.300. The summed E-state index contributed by atoms with van der Waals surface area (Å²) in [5, 5.41) is 2.91. The van der Waals surface area contributed by atoms with Crippen LogP contribution in [0.3, 0.4) is 0 Å². The number of carbonyl (C=O) groups excluding carboxylic acids is 1. The van der Waals surface area contributed by atoms with E-state index in [1.54, 1.807) is 6.92 Å². The van der Waals surface area contributed by atoms with Crippen LogP contribution >= 0.6 is 27.5 Å². The number of likely N-dealkylation sites (N-methyl/N-ethyl adjacent to an activating group) is 1. The number of hydrogen-bond acceptors (Lipinski definition) is 3. The summed E-state index contributed by atoms with van der Waals surface area (Å²) in [5.41, 5.74) is 0. The molecule has 0 atom stereocenters. The Bertz CT molecular complexity index is 548. The van der Waals surface area contributed by atoms with Crippen LogP contribution in [0.4, 0.5) is 0 Å². The van der Waals surface area contributed by atoms with Crippen molar-refractivity contribution in [2.45, 2.75) is 11.8 Å². The zero-order valence-corrected chi connectivity index (χ0v) is 12.7. The van der Waals surface area contributed by atoms with Gasteiger partial charge in [0.1, 0.15) is 0 Å². The van der Waals surface area contributed by atoms with Crippen LogP contribution in [-0.4, -0.2) is 27.4 Å². The molecule has 2 N–H and O–H groups in total. The van der Waals surface area contributed by atoms with E-state index in [4.69, 9.17) is 11.6 Å². The molecule has 1 rings (SSSR count). The molecule has 0 aliphatic rings. The second-order valence-corrected chi connectivity index (χ2v) is 6.38. The van der Waals surface area contributed by atoms with E-state index in [9.17, 15) is 13.2 Å². The molecule has 8 heteroatoms. The monoisotopic (exact) mass is 354 g/mol. The first-order valence-corrected chi connectivity index (χ1v) is 7.73. The standard InChI is InChI=1S/C10H12BrClN2O3S/c1-2-13-10(15)6-14-18(16,17)7-3-4-9(12)8(11)5-7/h3-5,14H,2,6H2,1H3,(H,13,15). The summed E-state index contributed by atoms with van der Waals surface area (Å²) in [6.45, 7) is 1.91. The minimum Gasteiger partial charge on any atom is -0.355 e. The van der Waals surface area contributed by atoms with Gasteiger partial charge in [-0.25, -0.2) is 13.1 Å². The van der Waals surface area contributed by atoms with E-state index in [1.165, 1.54) is 18.2 Å². The van der Waals surface area contributed by atoms with Gasteiger partial charge in [-0.3, -0.25) is 4.79 Å². The molecule has 0 bridgehead atoms. The van der Waals surface area contributed by atoms with Gasteiger partial charge in [-0.2, -0.15) is 0 Å². The molecule has 100 valence electrons. The van der Waals surface area contributed by atoms with Crippen LogP contribution in [-0.2, 0) is 14.8 Å². The molecule has 1 aromatic rings. The second kappa shape index (κ2) is 6.51. The molecule has 0 fully saturated rings. The molecule has 0 saturated carbocycles. The minimum absolute atomic E-state index is 0.0445. The Morgan fingerprint density at radius 1 is 1.44 bits per heavy atom. The third kappa shape index (κ3) is 4.24. The normalized spacial score (nSPS) is 11.3. The van der Waals surface area contributed by atoms with Gasteiger partial charge in [0.15, 0.2) is 0 Å². The van der Waals surface area contributed by atoms with Crippen molar-refractivity contribution in [2.75, 3.05) is 13.1 Å². The highest BCUT2D eigenvalue weighted by molar-refractivity contribution is 9.10. The molecule has 0 radical (unpaired) electrons. The van der Waals surface area contributed by atoms with E-state index in [2.05, 4.69) is 26.0 Å². The van der Waals surface area contributed by atoms with Gasteiger partial charge >= 0.3 is 0 Å². The van der Waals surface area contributed by atoms with E-state index in [0.717, 1.165) is 0 Å². The Morgan fingerprint density at radius 2 is 2.11 bits per heavy atom. The first-order chi connectivity index (χ1) is 8.36. The van der Waals surface area contributed by atoms with Crippen molar-refractivity contribution < 1.29 is 13.2 Å². The molecule has 18 heavy (non-hydrogen) atoms. The van der Waals surface area contributed by atoms with Gasteiger partial charge in [-0.15, -0.1) is 0 Å². The summed E-state index contributed by atoms with van der Waals surface area (Å²) in [7, 11) is -3.71. The minimum atomic E-state index is -3.71. The molecule has 0 heterocycles. The van der Waals surface area contributed by atoms with Gasteiger partial charge < -0.3 is 5.32 Å². The van der Waals surface area contributed by atoms with Gasteiger partial charge in [-0.05, 0) is 41.1 Å². The second-order valence-electron chi connectivity index (χ2n) is 3.35. The van der Waals surface area contributed by atoms with Crippen LogP contribution < -0.4 is 10.0 Å². The van der Waals surface area contributed by atoms with Crippen LogP contribution in [0, 0.1) is 0 Å². The lowest BCUT2D eigenvalue weighted by Crippen LogP contribution is -2.36. The Labute approximate surface area is 119 Å². The largest absolute Gasteiger partial charge is 0.355 e. The summed E-state index contributed by atoms with van der Waals surface area (Å²) in [5.74, 6) is -0.380. The SMILES string of the molecule is CCNC(=O)CNS(=O)(=O)c1ccc(Cl)c(Br)c1. The van der Waals surface area contributed by atoms with Crippen molar-refractivity contribution >= 4 is 43.5 Å². The highest BCUT2D eigenvalue weighted by atomic mass is 79.9. The third-order valence-electron chi connectivity index (χ3n) is 2.00. The predicted octanol–water partition coefficient (Wildman–Crippen LogP) is 1.52. The quantitative estimate of drug-likeness (QED) is 0.841.